The maximum atomic E-state index is 9.60. The number of nitrogens with zero attached hydrogens (tertiary/aromatic N) is 4. The standard InChI is InChI=1S/C13H24N6O/c1-3-10(20)9-15-12-16-11(14-2)17-13(18-12)19-7-5-4-6-8-19/h10,20H,3-9H2,1-2H3,(H2,14,15,16,17,18). The largest absolute Gasteiger partial charge is 0.391 e. The van der Waals surface area contributed by atoms with Crippen molar-refractivity contribution in [2.24, 2.45) is 0 Å². The van der Waals surface area contributed by atoms with Crippen molar-refractivity contribution in [2.45, 2.75) is 38.7 Å². The average Bonchev–Trinajstić information content (AvgIpc) is 2.53. The van der Waals surface area contributed by atoms with Crippen LogP contribution in [0.3, 0.4) is 0 Å². The highest BCUT2D eigenvalue weighted by molar-refractivity contribution is 5.43. The van der Waals surface area contributed by atoms with Crippen molar-refractivity contribution in [3.63, 3.8) is 0 Å². The van der Waals surface area contributed by atoms with Crippen LogP contribution in [0, 0.1) is 0 Å². The summed E-state index contributed by atoms with van der Waals surface area (Å²) in [6.07, 6.45) is 3.95. The predicted octanol–water partition coefficient (Wildman–Crippen LogP) is 1.09. The zero-order valence-electron chi connectivity index (χ0n) is 12.3. The Morgan fingerprint density at radius 1 is 1.15 bits per heavy atom. The lowest BCUT2D eigenvalue weighted by molar-refractivity contribution is 0.183. The maximum Gasteiger partial charge on any atom is 0.231 e. The number of aromatic nitrogens is 3. The second-order valence-corrected chi connectivity index (χ2v) is 5.02. The molecule has 112 valence electrons. The highest BCUT2D eigenvalue weighted by Crippen LogP contribution is 2.18. The molecule has 20 heavy (non-hydrogen) atoms. The quantitative estimate of drug-likeness (QED) is 0.719. The molecule has 7 heteroatoms. The summed E-state index contributed by atoms with van der Waals surface area (Å²) in [5, 5.41) is 15.6. The molecule has 1 aromatic heterocycles. The first-order chi connectivity index (χ1) is 9.72. The fraction of sp³-hybridized carbons (Fsp3) is 0.769. The first-order valence-electron chi connectivity index (χ1n) is 7.33. The first kappa shape index (κ1) is 14.8. The summed E-state index contributed by atoms with van der Waals surface area (Å²) in [6, 6.07) is 0. The summed E-state index contributed by atoms with van der Waals surface area (Å²) in [5.41, 5.74) is 0. The van der Waals surface area contributed by atoms with Gasteiger partial charge in [-0.25, -0.2) is 0 Å². The van der Waals surface area contributed by atoms with Crippen molar-refractivity contribution in [1.29, 1.82) is 0 Å². The van der Waals surface area contributed by atoms with Crippen LogP contribution >= 0.6 is 0 Å². The topological polar surface area (TPSA) is 86.2 Å². The van der Waals surface area contributed by atoms with Gasteiger partial charge >= 0.3 is 0 Å². The van der Waals surface area contributed by atoms with Gasteiger partial charge in [0.1, 0.15) is 0 Å². The Balaban J connectivity index is 2.10. The predicted molar refractivity (Wildman–Crippen MR) is 80.2 cm³/mol. The van der Waals surface area contributed by atoms with E-state index in [9.17, 15) is 5.11 Å². The molecule has 0 aliphatic carbocycles. The van der Waals surface area contributed by atoms with E-state index < -0.39 is 0 Å². The molecular weight excluding hydrogens is 256 g/mol. The number of rotatable bonds is 6. The number of aliphatic hydroxyl groups is 1. The van der Waals surface area contributed by atoms with Crippen LogP contribution < -0.4 is 15.5 Å². The van der Waals surface area contributed by atoms with Gasteiger partial charge in [0.15, 0.2) is 0 Å². The smallest absolute Gasteiger partial charge is 0.231 e. The Morgan fingerprint density at radius 2 is 1.85 bits per heavy atom. The van der Waals surface area contributed by atoms with E-state index in [1.165, 1.54) is 19.3 Å². The number of aliphatic hydroxyl groups excluding tert-OH is 1. The van der Waals surface area contributed by atoms with Crippen LogP contribution in [0.1, 0.15) is 32.6 Å². The van der Waals surface area contributed by atoms with Crippen LogP contribution in [0.2, 0.25) is 0 Å². The van der Waals surface area contributed by atoms with E-state index in [2.05, 4.69) is 30.5 Å². The molecule has 0 amide bonds. The van der Waals surface area contributed by atoms with Crippen molar-refractivity contribution in [3.8, 4) is 0 Å². The molecule has 7 nitrogen and oxygen atoms in total. The molecule has 1 aliphatic rings. The molecule has 3 N–H and O–H groups in total. The summed E-state index contributed by atoms with van der Waals surface area (Å²) >= 11 is 0. The molecule has 1 aliphatic heterocycles. The van der Waals surface area contributed by atoms with Gasteiger partial charge < -0.3 is 20.6 Å². The fourth-order valence-corrected chi connectivity index (χ4v) is 2.14. The van der Waals surface area contributed by atoms with Crippen LogP contribution in [0.4, 0.5) is 17.8 Å². The van der Waals surface area contributed by atoms with Gasteiger partial charge in [0.2, 0.25) is 17.8 Å². The van der Waals surface area contributed by atoms with Gasteiger partial charge in [-0.2, -0.15) is 15.0 Å². The highest BCUT2D eigenvalue weighted by atomic mass is 16.3. The number of hydrogen-bond donors (Lipinski definition) is 3. The molecule has 0 spiro atoms. The van der Waals surface area contributed by atoms with E-state index in [0.29, 0.717) is 30.8 Å². The maximum absolute atomic E-state index is 9.60. The number of nitrogens with one attached hydrogen (secondary N) is 2. The van der Waals surface area contributed by atoms with Crippen molar-refractivity contribution in [3.05, 3.63) is 0 Å². The molecule has 1 saturated heterocycles. The number of piperidine rings is 1. The second-order valence-electron chi connectivity index (χ2n) is 5.02. The minimum atomic E-state index is -0.386. The molecule has 1 aromatic rings. The number of anilines is 3. The fourth-order valence-electron chi connectivity index (χ4n) is 2.14. The lowest BCUT2D eigenvalue weighted by Gasteiger charge is -2.27. The molecular formula is C13H24N6O. The van der Waals surface area contributed by atoms with E-state index in [1.54, 1.807) is 7.05 Å². The zero-order chi connectivity index (χ0) is 14.4. The van der Waals surface area contributed by atoms with E-state index >= 15 is 0 Å². The van der Waals surface area contributed by atoms with Gasteiger partial charge in [0.25, 0.3) is 0 Å². The Bertz CT molecular complexity index is 421. The molecule has 1 unspecified atom stereocenters. The second kappa shape index (κ2) is 7.23. The lowest BCUT2D eigenvalue weighted by atomic mass is 10.1. The highest BCUT2D eigenvalue weighted by Gasteiger charge is 2.16. The first-order valence-corrected chi connectivity index (χ1v) is 7.33. The van der Waals surface area contributed by atoms with Crippen LogP contribution in [0.15, 0.2) is 0 Å². The van der Waals surface area contributed by atoms with Crippen molar-refractivity contribution in [2.75, 3.05) is 42.2 Å². The minimum Gasteiger partial charge on any atom is -0.391 e. The monoisotopic (exact) mass is 280 g/mol. The van der Waals surface area contributed by atoms with Gasteiger partial charge in [-0.3, -0.25) is 0 Å². The molecule has 0 bridgehead atoms. The van der Waals surface area contributed by atoms with Crippen molar-refractivity contribution in [1.82, 2.24) is 15.0 Å². The Morgan fingerprint density at radius 3 is 2.50 bits per heavy atom. The van der Waals surface area contributed by atoms with E-state index in [-0.39, 0.29) is 6.10 Å². The van der Waals surface area contributed by atoms with Gasteiger partial charge in [0.05, 0.1) is 6.10 Å². The van der Waals surface area contributed by atoms with E-state index in [0.717, 1.165) is 13.1 Å². The van der Waals surface area contributed by atoms with E-state index in [4.69, 9.17) is 0 Å². The molecule has 0 saturated carbocycles. The third kappa shape index (κ3) is 3.93. The normalized spacial score (nSPS) is 16.9. The molecule has 2 heterocycles. The van der Waals surface area contributed by atoms with Gasteiger partial charge in [-0.15, -0.1) is 0 Å². The third-order valence-corrected chi connectivity index (χ3v) is 3.45. The Kier molecular flexibility index (Phi) is 5.34. The van der Waals surface area contributed by atoms with Crippen molar-refractivity contribution < 1.29 is 5.11 Å². The minimum absolute atomic E-state index is 0.386. The van der Waals surface area contributed by atoms with Gasteiger partial charge in [-0.1, -0.05) is 6.92 Å². The molecule has 2 rings (SSSR count). The van der Waals surface area contributed by atoms with Gasteiger partial charge in [0, 0.05) is 26.7 Å². The van der Waals surface area contributed by atoms with Crippen LogP contribution in [-0.2, 0) is 0 Å². The summed E-state index contributed by atoms with van der Waals surface area (Å²) in [4.78, 5) is 15.3. The summed E-state index contributed by atoms with van der Waals surface area (Å²) in [7, 11) is 1.79. The summed E-state index contributed by atoms with van der Waals surface area (Å²) in [5.74, 6) is 1.77. The third-order valence-electron chi connectivity index (χ3n) is 3.45. The van der Waals surface area contributed by atoms with Crippen LogP contribution in [0.25, 0.3) is 0 Å². The molecule has 0 radical (unpaired) electrons. The van der Waals surface area contributed by atoms with Gasteiger partial charge in [-0.05, 0) is 25.7 Å². The zero-order valence-corrected chi connectivity index (χ0v) is 12.3. The Labute approximate surface area is 119 Å². The molecule has 1 fully saturated rings. The summed E-state index contributed by atoms with van der Waals surface area (Å²) < 4.78 is 0. The van der Waals surface area contributed by atoms with Crippen LogP contribution in [-0.4, -0.2) is 52.8 Å². The Hall–Kier alpha value is -1.63. The average molecular weight is 280 g/mol. The SMILES string of the molecule is CCC(O)CNc1nc(NC)nc(N2CCCCC2)n1. The van der Waals surface area contributed by atoms with Crippen molar-refractivity contribution >= 4 is 17.8 Å². The summed E-state index contributed by atoms with van der Waals surface area (Å²) in [6.45, 7) is 4.37. The lowest BCUT2D eigenvalue weighted by Crippen LogP contribution is -2.31. The molecule has 1 atom stereocenters. The van der Waals surface area contributed by atoms with Crippen LogP contribution in [0.5, 0.6) is 0 Å². The van der Waals surface area contributed by atoms with E-state index in [1.807, 2.05) is 6.92 Å². The molecule has 0 aromatic carbocycles. The number of hydrogen-bond acceptors (Lipinski definition) is 7.